The van der Waals surface area contributed by atoms with Crippen LogP contribution in [0.4, 0.5) is 17.1 Å². The van der Waals surface area contributed by atoms with Crippen LogP contribution in [0.1, 0.15) is 30.4 Å². The van der Waals surface area contributed by atoms with Crippen LogP contribution < -0.4 is 18.9 Å². The molecule has 0 spiro atoms. The first-order chi connectivity index (χ1) is 27.5. The molecule has 0 saturated heterocycles. The summed E-state index contributed by atoms with van der Waals surface area (Å²) in [4.78, 5) is 6.94. The van der Waals surface area contributed by atoms with Crippen molar-refractivity contribution in [2.24, 2.45) is 6.98 Å². The first-order valence-corrected chi connectivity index (χ1v) is 17.8. The molecular formula is C47H35N5O2Pt-2. The zero-order valence-electron chi connectivity index (χ0n) is 33.1. The van der Waals surface area contributed by atoms with Crippen LogP contribution in [-0.4, -0.2) is 14.1 Å². The van der Waals surface area contributed by atoms with Gasteiger partial charge in [0.25, 0.3) is 0 Å². The molecule has 8 heteroatoms. The molecule has 0 N–H and O–H groups in total. The van der Waals surface area contributed by atoms with E-state index < -0.39 is 6.98 Å². The predicted octanol–water partition coefficient (Wildman–Crippen LogP) is 11.0. The monoisotopic (exact) mass is 899 g/mol. The van der Waals surface area contributed by atoms with Crippen LogP contribution in [0.25, 0.3) is 44.3 Å². The summed E-state index contributed by atoms with van der Waals surface area (Å²) in [5.74, 6) is 3.02. The SMILES string of the molecule is [2H]C([2H])([2H])[n+]1[c-]n(-c2[c-]c(N3c4[c-]c5c(cc4Oc4ccccc4Oc4ccccc43)c3ccccc3n5-c3cc(C(C)(C)C)ccn3)ccc2)c2ccccc21.[Pt]. The van der Waals surface area contributed by atoms with Gasteiger partial charge < -0.3 is 28.1 Å². The molecule has 55 heavy (non-hydrogen) atoms. The summed E-state index contributed by atoms with van der Waals surface area (Å²) in [5, 5.41) is 1.97. The molecule has 1 aliphatic heterocycles. The van der Waals surface area contributed by atoms with Crippen LogP contribution in [0.5, 0.6) is 23.0 Å². The molecule has 9 aromatic rings. The number of fused-ring (bicyclic) bond motifs is 7. The number of anilines is 3. The van der Waals surface area contributed by atoms with E-state index in [0.29, 0.717) is 51.1 Å². The largest absolute Gasteiger partial charge is 0.511 e. The van der Waals surface area contributed by atoms with Gasteiger partial charge in [-0.15, -0.1) is 18.2 Å². The zero-order valence-corrected chi connectivity index (χ0v) is 32.4. The van der Waals surface area contributed by atoms with Crippen molar-refractivity contribution in [2.75, 3.05) is 4.90 Å². The van der Waals surface area contributed by atoms with E-state index in [4.69, 9.17) is 18.6 Å². The van der Waals surface area contributed by atoms with Crippen molar-refractivity contribution in [3.05, 3.63) is 164 Å². The van der Waals surface area contributed by atoms with Crippen molar-refractivity contribution in [1.29, 1.82) is 0 Å². The van der Waals surface area contributed by atoms with Crippen LogP contribution in [0.2, 0.25) is 0 Å². The minimum atomic E-state index is -2.44. The van der Waals surface area contributed by atoms with Gasteiger partial charge in [-0.2, -0.15) is 18.2 Å². The molecule has 0 fully saturated rings. The second kappa shape index (κ2) is 13.3. The molecule has 7 nitrogen and oxygen atoms in total. The number of hydrogen-bond donors (Lipinski definition) is 0. The number of benzene rings is 6. The van der Waals surface area contributed by atoms with Gasteiger partial charge in [-0.3, -0.25) is 0 Å². The van der Waals surface area contributed by atoms with Crippen LogP contribution in [0.3, 0.4) is 0 Å². The molecule has 0 radical (unpaired) electrons. The molecule has 4 heterocycles. The van der Waals surface area contributed by atoms with E-state index >= 15 is 0 Å². The van der Waals surface area contributed by atoms with Gasteiger partial charge in [-0.1, -0.05) is 110 Å². The first kappa shape index (κ1) is 31.2. The van der Waals surface area contributed by atoms with Crippen molar-refractivity contribution >= 4 is 49.9 Å². The summed E-state index contributed by atoms with van der Waals surface area (Å²) in [5.41, 5.74) is 6.63. The quantitative estimate of drug-likeness (QED) is 0.131. The number of aryl methyl sites for hydroxylation is 1. The molecule has 0 bridgehead atoms. The van der Waals surface area contributed by atoms with Gasteiger partial charge in [0.2, 0.25) is 6.33 Å². The first-order valence-electron chi connectivity index (χ1n) is 19.3. The van der Waals surface area contributed by atoms with Gasteiger partial charge in [0.05, 0.1) is 27.8 Å². The number of pyridine rings is 1. The molecule has 6 aromatic carbocycles. The van der Waals surface area contributed by atoms with Gasteiger partial charge in [-0.25, -0.2) is 4.98 Å². The minimum absolute atomic E-state index is 0. The second-order valence-electron chi connectivity index (χ2n) is 14.4. The second-order valence-corrected chi connectivity index (χ2v) is 14.4. The fraction of sp³-hybridized carbons (Fsp3) is 0.106. The Balaban J connectivity index is 0.00000436. The summed E-state index contributed by atoms with van der Waals surface area (Å²) in [6.07, 6.45) is 4.96. The standard InChI is InChI=1S/C47H35N5O2.Pt/c1-47(2,3)31-24-25-48-46(26-31)52-36-17-6-5-16-34(36)35-28-45-41(29-40(35)52)51(39-20-9-10-21-42(39)53-43-22-11-12-23-44(43)54-45)33-15-13-14-32(27-33)50-30-49(4)37-18-7-8-19-38(37)50;/h5-26,28H,1-4H3;/q-2;/i4D3;. The van der Waals surface area contributed by atoms with Gasteiger partial charge in [-0.05, 0) is 64.5 Å². The van der Waals surface area contributed by atoms with Crippen LogP contribution in [0.15, 0.2) is 140 Å². The number of para-hydroxylation sites is 7. The maximum absolute atomic E-state index is 8.24. The molecule has 0 amide bonds. The maximum Gasteiger partial charge on any atom is 0.242 e. The Hall–Kier alpha value is -6.17. The van der Waals surface area contributed by atoms with Crippen LogP contribution in [-0.2, 0) is 33.5 Å². The van der Waals surface area contributed by atoms with Crippen molar-refractivity contribution in [2.45, 2.75) is 26.2 Å². The van der Waals surface area contributed by atoms with E-state index in [2.05, 4.69) is 74.1 Å². The summed E-state index contributed by atoms with van der Waals surface area (Å²) in [7, 11) is 0. The van der Waals surface area contributed by atoms with Crippen molar-refractivity contribution < 1.29 is 39.2 Å². The van der Waals surface area contributed by atoms with Crippen molar-refractivity contribution in [3.63, 3.8) is 0 Å². The number of hydrogen-bond acceptors (Lipinski definition) is 4. The third-order valence-corrected chi connectivity index (χ3v) is 9.93. The third kappa shape index (κ3) is 5.78. The maximum atomic E-state index is 8.24. The Kier molecular flexibility index (Phi) is 7.54. The molecule has 3 aromatic heterocycles. The number of ether oxygens (including phenoxy) is 2. The van der Waals surface area contributed by atoms with E-state index in [0.717, 1.165) is 38.9 Å². The van der Waals surface area contributed by atoms with Crippen LogP contribution in [0, 0.1) is 18.5 Å². The zero-order chi connectivity index (χ0) is 39.1. The predicted molar refractivity (Wildman–Crippen MR) is 213 cm³/mol. The molecule has 0 unspecified atom stereocenters. The Labute approximate surface area is 338 Å². The summed E-state index contributed by atoms with van der Waals surface area (Å²) >= 11 is 0. The number of rotatable bonds is 3. The van der Waals surface area contributed by atoms with E-state index in [1.165, 1.54) is 4.57 Å². The molecule has 272 valence electrons. The smallest absolute Gasteiger partial charge is 0.242 e. The fourth-order valence-electron chi connectivity index (χ4n) is 7.29. The number of imidazole rings is 1. The normalized spacial score (nSPS) is 13.5. The Morgan fingerprint density at radius 2 is 1.36 bits per heavy atom. The Morgan fingerprint density at radius 3 is 2.16 bits per heavy atom. The average molecular weight is 900 g/mol. The Morgan fingerprint density at radius 1 is 0.673 bits per heavy atom. The Bertz CT molecular complexity index is 3040. The molecule has 0 atom stereocenters. The molecule has 0 saturated carbocycles. The van der Waals surface area contributed by atoms with Crippen molar-refractivity contribution in [3.8, 4) is 34.5 Å². The summed E-state index contributed by atoms with van der Waals surface area (Å²) < 4.78 is 43.3. The van der Waals surface area contributed by atoms with Gasteiger partial charge in [0.1, 0.15) is 5.82 Å². The van der Waals surface area contributed by atoms with E-state index in [-0.39, 0.29) is 26.5 Å². The topological polar surface area (TPSA) is 48.3 Å². The fourth-order valence-corrected chi connectivity index (χ4v) is 7.29. The van der Waals surface area contributed by atoms with Crippen molar-refractivity contribution in [1.82, 2.24) is 14.1 Å². The molecule has 0 aliphatic carbocycles. The van der Waals surface area contributed by atoms with Gasteiger partial charge >= 0.3 is 0 Å². The third-order valence-electron chi connectivity index (χ3n) is 9.93. The number of aromatic nitrogens is 4. The van der Waals surface area contributed by atoms with E-state index in [9.17, 15) is 0 Å². The van der Waals surface area contributed by atoms with E-state index in [1.54, 1.807) is 10.6 Å². The molecule has 1 aliphatic rings. The minimum Gasteiger partial charge on any atom is -0.511 e. The van der Waals surface area contributed by atoms with Gasteiger partial charge in [0.15, 0.2) is 17.2 Å². The van der Waals surface area contributed by atoms with Gasteiger partial charge in [0, 0.05) is 38.5 Å². The average Bonchev–Trinajstić information content (AvgIpc) is 3.77. The molecule has 10 rings (SSSR count). The van der Waals surface area contributed by atoms with E-state index in [1.807, 2.05) is 108 Å². The molecular weight excluding hydrogens is 862 g/mol. The summed E-state index contributed by atoms with van der Waals surface area (Å²) in [6, 6.07) is 50.6. The van der Waals surface area contributed by atoms with Crippen LogP contribution >= 0.6 is 0 Å². The summed E-state index contributed by atoms with van der Waals surface area (Å²) in [6.45, 7) is 4.16. The number of nitrogens with zero attached hydrogens (tertiary/aromatic N) is 5.